The summed E-state index contributed by atoms with van der Waals surface area (Å²) in [5, 5.41) is 0. The van der Waals surface area contributed by atoms with Gasteiger partial charge in [-0.2, -0.15) is 0 Å². The van der Waals surface area contributed by atoms with E-state index in [1.807, 2.05) is 13.0 Å². The minimum atomic E-state index is -0.206. The van der Waals surface area contributed by atoms with Gasteiger partial charge in [0, 0.05) is 25.3 Å². The summed E-state index contributed by atoms with van der Waals surface area (Å²) in [7, 11) is 2.09. The van der Waals surface area contributed by atoms with Crippen molar-refractivity contribution in [3.8, 4) is 0 Å². The highest BCUT2D eigenvalue weighted by Gasteiger charge is 2.18. The Morgan fingerprint density at radius 3 is 2.63 bits per heavy atom. The molecule has 1 aromatic rings. The molecule has 1 aliphatic rings. The normalized spacial score (nSPS) is 18.3. The van der Waals surface area contributed by atoms with E-state index in [9.17, 15) is 4.39 Å². The zero-order valence-electron chi connectivity index (χ0n) is 12.0. The standard InChI is InChI=1S/C16H25FN2/c1-12(18)15-10-14(17)8-9-16(15)19(2)11-13-6-4-3-5-7-13/h8-10,12-13H,3-7,11,18H2,1-2H3/t12-/m1/s1. The summed E-state index contributed by atoms with van der Waals surface area (Å²) >= 11 is 0. The molecule has 19 heavy (non-hydrogen) atoms. The monoisotopic (exact) mass is 264 g/mol. The fraction of sp³-hybridized carbons (Fsp3) is 0.625. The molecule has 2 nitrogen and oxygen atoms in total. The molecule has 2 N–H and O–H groups in total. The molecule has 0 heterocycles. The molecule has 0 aliphatic heterocycles. The van der Waals surface area contributed by atoms with Crippen LogP contribution in [0.15, 0.2) is 18.2 Å². The van der Waals surface area contributed by atoms with Gasteiger partial charge in [-0.15, -0.1) is 0 Å². The van der Waals surface area contributed by atoms with E-state index in [1.54, 1.807) is 6.07 Å². The van der Waals surface area contributed by atoms with Crippen molar-refractivity contribution in [3.63, 3.8) is 0 Å². The molecule has 0 unspecified atom stereocenters. The number of benzene rings is 1. The lowest BCUT2D eigenvalue weighted by molar-refractivity contribution is 0.362. The largest absolute Gasteiger partial charge is 0.374 e. The summed E-state index contributed by atoms with van der Waals surface area (Å²) in [5.41, 5.74) is 7.93. The average Bonchev–Trinajstić information content (AvgIpc) is 2.39. The summed E-state index contributed by atoms with van der Waals surface area (Å²) in [4.78, 5) is 2.24. The molecular formula is C16H25FN2. The molecule has 0 spiro atoms. The van der Waals surface area contributed by atoms with E-state index in [0.29, 0.717) is 0 Å². The second-order valence-corrected chi connectivity index (χ2v) is 5.88. The molecular weight excluding hydrogens is 239 g/mol. The van der Waals surface area contributed by atoms with Crippen molar-refractivity contribution in [1.29, 1.82) is 0 Å². The molecule has 0 radical (unpaired) electrons. The van der Waals surface area contributed by atoms with Gasteiger partial charge in [0.1, 0.15) is 5.82 Å². The average molecular weight is 264 g/mol. The molecule has 1 aromatic carbocycles. The van der Waals surface area contributed by atoms with Crippen molar-refractivity contribution in [1.82, 2.24) is 0 Å². The molecule has 1 atom stereocenters. The molecule has 0 saturated heterocycles. The van der Waals surface area contributed by atoms with Crippen molar-refractivity contribution >= 4 is 5.69 Å². The molecule has 3 heteroatoms. The van der Waals surface area contributed by atoms with Crippen LogP contribution in [-0.2, 0) is 0 Å². The van der Waals surface area contributed by atoms with Gasteiger partial charge in [-0.1, -0.05) is 19.3 Å². The Balaban J connectivity index is 2.11. The fourth-order valence-electron chi connectivity index (χ4n) is 3.09. The summed E-state index contributed by atoms with van der Waals surface area (Å²) in [6, 6.07) is 4.81. The number of hydrogen-bond donors (Lipinski definition) is 1. The molecule has 2 rings (SSSR count). The van der Waals surface area contributed by atoms with Gasteiger partial charge in [-0.25, -0.2) is 4.39 Å². The highest BCUT2D eigenvalue weighted by Crippen LogP contribution is 2.29. The fourth-order valence-corrected chi connectivity index (χ4v) is 3.09. The Morgan fingerprint density at radius 1 is 1.32 bits per heavy atom. The maximum absolute atomic E-state index is 13.4. The zero-order valence-corrected chi connectivity index (χ0v) is 12.0. The van der Waals surface area contributed by atoms with Crippen molar-refractivity contribution in [2.75, 3.05) is 18.5 Å². The van der Waals surface area contributed by atoms with Crippen LogP contribution in [0.3, 0.4) is 0 Å². The van der Waals surface area contributed by atoms with Gasteiger partial charge in [0.2, 0.25) is 0 Å². The Kier molecular flexibility index (Phi) is 4.81. The second kappa shape index (κ2) is 6.38. The Morgan fingerprint density at radius 2 is 2.00 bits per heavy atom. The van der Waals surface area contributed by atoms with Crippen molar-refractivity contribution in [2.24, 2.45) is 11.7 Å². The maximum atomic E-state index is 13.4. The molecule has 0 bridgehead atoms. The van der Waals surface area contributed by atoms with Gasteiger partial charge in [0.05, 0.1) is 0 Å². The van der Waals surface area contributed by atoms with Gasteiger partial charge in [0.15, 0.2) is 0 Å². The van der Waals surface area contributed by atoms with E-state index in [4.69, 9.17) is 5.73 Å². The number of hydrogen-bond acceptors (Lipinski definition) is 2. The first-order valence-corrected chi connectivity index (χ1v) is 7.34. The number of rotatable bonds is 4. The maximum Gasteiger partial charge on any atom is 0.123 e. The van der Waals surface area contributed by atoms with Crippen LogP contribution in [0.5, 0.6) is 0 Å². The smallest absolute Gasteiger partial charge is 0.123 e. The van der Waals surface area contributed by atoms with E-state index in [0.717, 1.165) is 23.7 Å². The van der Waals surface area contributed by atoms with Gasteiger partial charge in [-0.05, 0) is 49.4 Å². The van der Waals surface area contributed by atoms with Gasteiger partial charge < -0.3 is 10.6 Å². The topological polar surface area (TPSA) is 29.3 Å². The summed E-state index contributed by atoms with van der Waals surface area (Å²) < 4.78 is 13.4. The predicted molar refractivity (Wildman–Crippen MR) is 78.8 cm³/mol. The summed E-state index contributed by atoms with van der Waals surface area (Å²) in [6.07, 6.45) is 6.71. The van der Waals surface area contributed by atoms with Crippen LogP contribution >= 0.6 is 0 Å². The van der Waals surface area contributed by atoms with Gasteiger partial charge >= 0.3 is 0 Å². The van der Waals surface area contributed by atoms with Crippen LogP contribution in [-0.4, -0.2) is 13.6 Å². The van der Waals surface area contributed by atoms with Gasteiger partial charge in [-0.3, -0.25) is 0 Å². The summed E-state index contributed by atoms with van der Waals surface area (Å²) in [5.74, 6) is 0.562. The Labute approximate surface area is 115 Å². The minimum Gasteiger partial charge on any atom is -0.374 e. The molecule has 1 saturated carbocycles. The van der Waals surface area contributed by atoms with E-state index >= 15 is 0 Å². The van der Waals surface area contributed by atoms with Crippen LogP contribution in [0.1, 0.15) is 50.6 Å². The Bertz CT molecular complexity index is 411. The van der Waals surface area contributed by atoms with Gasteiger partial charge in [0.25, 0.3) is 0 Å². The van der Waals surface area contributed by atoms with E-state index in [1.165, 1.54) is 38.2 Å². The van der Waals surface area contributed by atoms with Crippen molar-refractivity contribution in [3.05, 3.63) is 29.6 Å². The van der Waals surface area contributed by atoms with E-state index in [2.05, 4.69) is 11.9 Å². The molecule has 0 aromatic heterocycles. The molecule has 0 amide bonds. The number of anilines is 1. The first kappa shape index (κ1) is 14.3. The number of halogens is 1. The second-order valence-electron chi connectivity index (χ2n) is 5.88. The zero-order chi connectivity index (χ0) is 13.8. The first-order valence-electron chi connectivity index (χ1n) is 7.34. The number of nitrogens with two attached hydrogens (primary N) is 1. The number of nitrogens with zero attached hydrogens (tertiary/aromatic N) is 1. The third-order valence-electron chi connectivity index (χ3n) is 4.15. The Hall–Kier alpha value is -1.09. The lowest BCUT2D eigenvalue weighted by Crippen LogP contribution is -2.28. The third-order valence-corrected chi connectivity index (χ3v) is 4.15. The van der Waals surface area contributed by atoms with Crippen molar-refractivity contribution < 1.29 is 4.39 Å². The van der Waals surface area contributed by atoms with Crippen LogP contribution < -0.4 is 10.6 Å². The lowest BCUT2D eigenvalue weighted by atomic mass is 9.89. The molecule has 1 aliphatic carbocycles. The highest BCUT2D eigenvalue weighted by atomic mass is 19.1. The molecule has 1 fully saturated rings. The van der Waals surface area contributed by atoms with Crippen LogP contribution in [0.25, 0.3) is 0 Å². The van der Waals surface area contributed by atoms with E-state index < -0.39 is 0 Å². The van der Waals surface area contributed by atoms with Crippen molar-refractivity contribution in [2.45, 2.75) is 45.1 Å². The van der Waals surface area contributed by atoms with Crippen LogP contribution in [0, 0.1) is 11.7 Å². The van der Waals surface area contributed by atoms with E-state index in [-0.39, 0.29) is 11.9 Å². The summed E-state index contributed by atoms with van der Waals surface area (Å²) in [6.45, 7) is 2.96. The molecule has 106 valence electrons. The first-order chi connectivity index (χ1) is 9.08. The van der Waals surface area contributed by atoms with Crippen LogP contribution in [0.4, 0.5) is 10.1 Å². The third kappa shape index (κ3) is 3.69. The quantitative estimate of drug-likeness (QED) is 0.894. The highest BCUT2D eigenvalue weighted by molar-refractivity contribution is 5.54. The predicted octanol–water partition coefficient (Wildman–Crippen LogP) is 3.86. The minimum absolute atomic E-state index is 0.139. The van der Waals surface area contributed by atoms with Crippen LogP contribution in [0.2, 0.25) is 0 Å². The lowest BCUT2D eigenvalue weighted by Gasteiger charge is -2.30. The SMILES string of the molecule is C[C@@H](N)c1cc(F)ccc1N(C)CC1CCCCC1.